The first-order chi connectivity index (χ1) is 7.82. The van der Waals surface area contributed by atoms with Crippen molar-refractivity contribution >= 4 is 11.9 Å². The number of nitrogens with one attached hydrogen (secondary N) is 3. The molecule has 1 amide bonds. The highest BCUT2D eigenvalue weighted by Gasteiger charge is 2.49. The Labute approximate surface area is 101 Å². The number of ether oxygens (including phenoxy) is 1. The van der Waals surface area contributed by atoms with Gasteiger partial charge in [-0.3, -0.25) is 10.2 Å². The van der Waals surface area contributed by atoms with Crippen LogP contribution in [0.25, 0.3) is 0 Å². The van der Waals surface area contributed by atoms with Crippen LogP contribution in [0.15, 0.2) is 0 Å². The Bertz CT molecular complexity index is 304. The molecule has 17 heavy (non-hydrogen) atoms. The van der Waals surface area contributed by atoms with Crippen LogP contribution in [0.3, 0.4) is 0 Å². The monoisotopic (exact) mass is 243 g/mol. The minimum absolute atomic E-state index is 0.376. The van der Waals surface area contributed by atoms with Gasteiger partial charge in [-0.1, -0.05) is 0 Å². The molecule has 0 aromatic heterocycles. The second-order valence-electron chi connectivity index (χ2n) is 5.14. The fourth-order valence-corrected chi connectivity index (χ4v) is 1.71. The van der Waals surface area contributed by atoms with Crippen LogP contribution >= 0.6 is 0 Å². The number of carbonyl (C=O) groups excluding carboxylic acids is 2. The van der Waals surface area contributed by atoms with Crippen molar-refractivity contribution in [2.24, 2.45) is 0 Å². The molecule has 0 spiro atoms. The predicted molar refractivity (Wildman–Crippen MR) is 63.0 cm³/mol. The van der Waals surface area contributed by atoms with Gasteiger partial charge in [0.05, 0.1) is 0 Å². The first-order valence-corrected chi connectivity index (χ1v) is 5.77. The van der Waals surface area contributed by atoms with Gasteiger partial charge in [-0.15, -0.1) is 0 Å². The number of rotatable bonds is 2. The highest BCUT2D eigenvalue weighted by molar-refractivity contribution is 6.07. The van der Waals surface area contributed by atoms with Crippen LogP contribution in [-0.2, 0) is 14.3 Å². The Kier molecular flexibility index (Phi) is 4.11. The molecule has 1 atom stereocenters. The van der Waals surface area contributed by atoms with Crippen LogP contribution in [0.4, 0.5) is 0 Å². The van der Waals surface area contributed by atoms with Crippen LogP contribution in [0.2, 0.25) is 0 Å². The summed E-state index contributed by atoms with van der Waals surface area (Å²) >= 11 is 0. The van der Waals surface area contributed by atoms with Crippen molar-refractivity contribution in [3.8, 4) is 0 Å². The molecule has 0 saturated carbocycles. The van der Waals surface area contributed by atoms with E-state index in [-0.39, 0.29) is 5.91 Å². The number of hydrazine groups is 1. The first kappa shape index (κ1) is 13.9. The van der Waals surface area contributed by atoms with Gasteiger partial charge >= 0.3 is 5.97 Å². The lowest BCUT2D eigenvalue weighted by molar-refractivity contribution is -0.168. The summed E-state index contributed by atoms with van der Waals surface area (Å²) in [5.74, 6) is -0.921. The van der Waals surface area contributed by atoms with E-state index in [1.165, 1.54) is 7.05 Å². The molecule has 1 aliphatic rings. The third-order valence-corrected chi connectivity index (χ3v) is 2.52. The molecule has 0 bridgehead atoms. The lowest BCUT2D eigenvalue weighted by atomic mass is 9.91. The summed E-state index contributed by atoms with van der Waals surface area (Å²) in [6.45, 7) is 6.05. The average Bonchev–Trinajstić information content (AvgIpc) is 2.26. The number of carbonyl (C=O) groups is 2. The standard InChI is InChI=1S/C11H21N3O3/c1-10(2,3)17-9(16)11(8(15)12-4)6-5-7-13-14-11/h13-14H,5-7H2,1-4H3,(H,12,15)/t11-/m0/s1. The average molecular weight is 243 g/mol. The Morgan fingerprint density at radius 2 is 2.00 bits per heavy atom. The highest BCUT2D eigenvalue weighted by Crippen LogP contribution is 2.21. The third-order valence-electron chi connectivity index (χ3n) is 2.52. The van der Waals surface area contributed by atoms with Crippen molar-refractivity contribution < 1.29 is 14.3 Å². The molecule has 98 valence electrons. The Balaban J connectivity index is 2.90. The number of esters is 1. The topological polar surface area (TPSA) is 79.5 Å². The van der Waals surface area contributed by atoms with Gasteiger partial charge in [-0.25, -0.2) is 10.2 Å². The van der Waals surface area contributed by atoms with Crippen molar-refractivity contribution in [3.05, 3.63) is 0 Å². The second-order valence-corrected chi connectivity index (χ2v) is 5.14. The smallest absolute Gasteiger partial charge is 0.338 e. The van der Waals surface area contributed by atoms with E-state index in [1.807, 2.05) is 0 Å². The molecule has 0 unspecified atom stereocenters. The maximum Gasteiger partial charge on any atom is 0.338 e. The zero-order valence-electron chi connectivity index (χ0n) is 10.8. The van der Waals surface area contributed by atoms with E-state index < -0.39 is 17.1 Å². The Morgan fingerprint density at radius 3 is 2.41 bits per heavy atom. The van der Waals surface area contributed by atoms with Gasteiger partial charge in [0, 0.05) is 13.6 Å². The zero-order chi connectivity index (χ0) is 13.1. The molecule has 6 nitrogen and oxygen atoms in total. The molecule has 0 aromatic carbocycles. The normalized spacial score (nSPS) is 25.2. The van der Waals surface area contributed by atoms with Crippen molar-refractivity contribution in [2.75, 3.05) is 13.6 Å². The SMILES string of the molecule is CNC(=O)[C@]1(C(=O)OC(C)(C)C)CCCNN1. The van der Waals surface area contributed by atoms with Crippen LogP contribution in [0.5, 0.6) is 0 Å². The number of hydrogen-bond acceptors (Lipinski definition) is 5. The van der Waals surface area contributed by atoms with E-state index in [2.05, 4.69) is 16.2 Å². The van der Waals surface area contributed by atoms with Crippen LogP contribution < -0.4 is 16.2 Å². The summed E-state index contributed by atoms with van der Waals surface area (Å²) < 4.78 is 5.30. The van der Waals surface area contributed by atoms with Crippen molar-refractivity contribution in [1.29, 1.82) is 0 Å². The predicted octanol–water partition coefficient (Wildman–Crippen LogP) is -0.299. The minimum Gasteiger partial charge on any atom is -0.458 e. The van der Waals surface area contributed by atoms with Gasteiger partial charge in [0.25, 0.3) is 5.91 Å². The summed E-state index contributed by atoms with van der Waals surface area (Å²) in [7, 11) is 1.50. The molecular formula is C11H21N3O3. The molecule has 0 aromatic rings. The van der Waals surface area contributed by atoms with Gasteiger partial charge in [0.1, 0.15) is 5.60 Å². The maximum atomic E-state index is 12.2. The zero-order valence-corrected chi connectivity index (χ0v) is 10.8. The quantitative estimate of drug-likeness (QED) is 0.458. The first-order valence-electron chi connectivity index (χ1n) is 5.77. The molecule has 6 heteroatoms. The molecule has 1 fully saturated rings. The highest BCUT2D eigenvalue weighted by atomic mass is 16.6. The molecule has 1 rings (SSSR count). The summed E-state index contributed by atoms with van der Waals surface area (Å²) in [5.41, 5.74) is 3.68. The second kappa shape index (κ2) is 5.01. The summed E-state index contributed by atoms with van der Waals surface area (Å²) in [6.07, 6.45) is 1.16. The summed E-state index contributed by atoms with van der Waals surface area (Å²) in [5, 5.41) is 2.50. The van der Waals surface area contributed by atoms with E-state index >= 15 is 0 Å². The van der Waals surface area contributed by atoms with Gasteiger partial charge < -0.3 is 10.1 Å². The number of hydrogen-bond donors (Lipinski definition) is 3. The van der Waals surface area contributed by atoms with Crippen LogP contribution in [0.1, 0.15) is 33.6 Å². The van der Waals surface area contributed by atoms with Crippen molar-refractivity contribution in [3.63, 3.8) is 0 Å². The van der Waals surface area contributed by atoms with Gasteiger partial charge in [-0.05, 0) is 33.6 Å². The van der Waals surface area contributed by atoms with E-state index in [9.17, 15) is 9.59 Å². The summed E-state index contributed by atoms with van der Waals surface area (Å²) in [6, 6.07) is 0. The summed E-state index contributed by atoms with van der Waals surface area (Å²) in [4.78, 5) is 24.1. The van der Waals surface area contributed by atoms with Crippen molar-refractivity contribution in [1.82, 2.24) is 16.2 Å². The Hall–Kier alpha value is -1.14. The van der Waals surface area contributed by atoms with E-state index in [0.29, 0.717) is 6.42 Å². The molecule has 1 heterocycles. The third kappa shape index (κ3) is 3.17. The van der Waals surface area contributed by atoms with Gasteiger partial charge in [0.2, 0.25) is 5.54 Å². The fourth-order valence-electron chi connectivity index (χ4n) is 1.71. The largest absolute Gasteiger partial charge is 0.458 e. The van der Waals surface area contributed by atoms with Crippen LogP contribution in [-0.4, -0.2) is 36.6 Å². The van der Waals surface area contributed by atoms with Crippen LogP contribution in [0, 0.1) is 0 Å². The van der Waals surface area contributed by atoms with Crippen molar-refractivity contribution in [2.45, 2.75) is 44.8 Å². The lowest BCUT2D eigenvalue weighted by Crippen LogP contribution is -2.68. The van der Waals surface area contributed by atoms with E-state index in [1.54, 1.807) is 20.8 Å². The number of likely N-dealkylation sites (N-methyl/N-ethyl adjacent to an activating group) is 1. The van der Waals surface area contributed by atoms with E-state index in [0.717, 1.165) is 13.0 Å². The number of amides is 1. The molecule has 0 aliphatic carbocycles. The molecule has 1 aliphatic heterocycles. The lowest BCUT2D eigenvalue weighted by Gasteiger charge is -2.36. The molecule has 0 radical (unpaired) electrons. The molecular weight excluding hydrogens is 222 g/mol. The fraction of sp³-hybridized carbons (Fsp3) is 0.818. The maximum absolute atomic E-state index is 12.2. The minimum atomic E-state index is -1.32. The van der Waals surface area contributed by atoms with Gasteiger partial charge in [-0.2, -0.15) is 0 Å². The van der Waals surface area contributed by atoms with Gasteiger partial charge in [0.15, 0.2) is 0 Å². The van der Waals surface area contributed by atoms with E-state index in [4.69, 9.17) is 4.74 Å². The molecule has 3 N–H and O–H groups in total. The molecule has 1 saturated heterocycles. The Morgan fingerprint density at radius 1 is 1.35 bits per heavy atom.